The second kappa shape index (κ2) is 18.7. The molecule has 0 radical (unpaired) electrons. The molecule has 1 aromatic heterocycles. The quantitative estimate of drug-likeness (QED) is 0.0360. The van der Waals surface area contributed by atoms with Crippen LogP contribution in [0.2, 0.25) is 0 Å². The van der Waals surface area contributed by atoms with Gasteiger partial charge in [-0.05, 0) is 180 Å². The van der Waals surface area contributed by atoms with Gasteiger partial charge in [-0.25, -0.2) is 4.98 Å². The standard InChI is InChI=1S/C69H75N5O6/c1-70-36-43-30-51(41-7-3-2-4-8-41)55-35-66(34-54(43)73-55)33-53(42-17-12-39(13-18-42)14-25-50-48(24-15-40-16-26-56(75)59(78)29-40)49-10-5-11-57(76)61(49)63(80)62(50)79)74-65-52(66)31-46-9-6-28-68(46)47-22-21-44-19-20-45-23-27-58(77)64(67(44,45)32-47)69(65,68)60-37-71-38-72-60/h2-5,7-8,10-13,15-18,21-24,26-27,29-30,37-38,44-47,51-55,58,64-65,70,73-80H,6,9,14,19-20,25,28,31-36H2,1H3,(H,71,72)/b24-15+/t44-,45+,46-,47-,51-,52+,53-,54+,55-,58+,64-,65-,66-,67-,68-,69+/m1/s1. The number of phenols is 5. The summed E-state index contributed by atoms with van der Waals surface area (Å²) in [7, 11) is 2.09. The fourth-order valence-electron chi connectivity index (χ4n) is 20.4. The molecule has 10 N–H and O–H groups in total. The first-order valence-electron chi connectivity index (χ1n) is 29.9. The van der Waals surface area contributed by atoms with E-state index in [0.29, 0.717) is 64.5 Å². The normalized spacial score (nSPS) is 37.1. The largest absolute Gasteiger partial charge is 0.507 e. The molecule has 4 saturated carbocycles. The van der Waals surface area contributed by atoms with Gasteiger partial charge in [0.15, 0.2) is 23.0 Å². The molecule has 412 valence electrons. The Balaban J connectivity index is 0.852. The lowest BCUT2D eigenvalue weighted by molar-refractivity contribution is -0.242. The van der Waals surface area contributed by atoms with Crippen molar-refractivity contribution in [3.63, 3.8) is 0 Å². The third-order valence-electron chi connectivity index (χ3n) is 23.1. The third-order valence-corrected chi connectivity index (χ3v) is 23.1. The molecule has 0 amide bonds. The molecule has 5 aromatic carbocycles. The molecule has 4 bridgehead atoms. The van der Waals surface area contributed by atoms with Crippen molar-refractivity contribution in [2.75, 3.05) is 13.6 Å². The molecular formula is C69H75N5O6. The summed E-state index contributed by atoms with van der Waals surface area (Å²) in [6.45, 7) is 0.838. The lowest BCUT2D eigenvalue weighted by Crippen LogP contribution is -2.81. The van der Waals surface area contributed by atoms with Crippen molar-refractivity contribution in [2.24, 2.45) is 51.8 Å². The molecular weight excluding hydrogens is 995 g/mol. The third kappa shape index (κ3) is 7.08. The van der Waals surface area contributed by atoms with E-state index >= 15 is 0 Å². The van der Waals surface area contributed by atoms with Gasteiger partial charge in [0.05, 0.1) is 17.8 Å². The number of aliphatic hydroxyl groups excluding tert-OH is 1. The molecule has 80 heavy (non-hydrogen) atoms. The lowest BCUT2D eigenvalue weighted by Gasteiger charge is -2.77. The van der Waals surface area contributed by atoms with Gasteiger partial charge in [0.25, 0.3) is 0 Å². The van der Waals surface area contributed by atoms with E-state index in [1.165, 1.54) is 72.7 Å². The van der Waals surface area contributed by atoms with Crippen LogP contribution in [0.25, 0.3) is 22.9 Å². The maximum atomic E-state index is 13.3. The number of aromatic amines is 1. The molecule has 3 aliphatic heterocycles. The molecule has 6 aliphatic carbocycles. The number of nitrogens with one attached hydrogen (secondary N) is 4. The smallest absolute Gasteiger partial charge is 0.169 e. The summed E-state index contributed by atoms with van der Waals surface area (Å²) in [4.78, 5) is 8.90. The summed E-state index contributed by atoms with van der Waals surface area (Å²) < 4.78 is 0. The van der Waals surface area contributed by atoms with E-state index in [-0.39, 0.29) is 86.4 Å². The van der Waals surface area contributed by atoms with Crippen LogP contribution in [-0.2, 0) is 18.3 Å². The van der Waals surface area contributed by atoms with Crippen molar-refractivity contribution in [3.8, 4) is 28.7 Å². The summed E-state index contributed by atoms with van der Waals surface area (Å²) in [5.74, 6) is 1.15. The number of nitrogens with zero attached hydrogens (tertiary/aromatic N) is 1. The molecule has 0 unspecified atom stereocenters. The van der Waals surface area contributed by atoms with Crippen LogP contribution in [0.3, 0.4) is 0 Å². The molecule has 11 heteroatoms. The number of aromatic hydroxyl groups is 5. The number of aromatic nitrogens is 2. The average Bonchev–Trinajstić information content (AvgIpc) is 3.11. The Morgan fingerprint density at radius 2 is 1.52 bits per heavy atom. The van der Waals surface area contributed by atoms with E-state index in [0.717, 1.165) is 44.2 Å². The number of fused-ring (bicyclic) bond motifs is 8. The number of imidazole rings is 1. The number of piperidine rings is 2. The molecule has 4 heterocycles. The van der Waals surface area contributed by atoms with Crippen LogP contribution in [0.1, 0.15) is 115 Å². The van der Waals surface area contributed by atoms with Crippen molar-refractivity contribution in [2.45, 2.75) is 119 Å². The van der Waals surface area contributed by atoms with Crippen LogP contribution in [0.15, 0.2) is 139 Å². The number of aryl methyl sites for hydroxylation is 1. The molecule has 2 saturated heterocycles. The van der Waals surface area contributed by atoms with E-state index in [9.17, 15) is 30.6 Å². The van der Waals surface area contributed by atoms with E-state index in [1.54, 1.807) is 18.2 Å². The van der Waals surface area contributed by atoms with Crippen LogP contribution >= 0.6 is 0 Å². The summed E-state index contributed by atoms with van der Waals surface area (Å²) in [6.07, 6.45) is 32.2. The first-order chi connectivity index (χ1) is 39.0. The molecule has 15 rings (SSSR count). The SMILES string of the molecule is CNCC1=C[C@H](c2ccccc2)[C@H]2C[C@]3(C[C@@H]1N2)C[C@H](c1ccc(CCc2c(O)c(O)c4c(O)cccc4c2/C=C/c2ccc(O)c(O)c2)cc1)N[C@@H]1[C@@H]3C[C@H]2CCC[C@]23[C@@H]2C=C[C@H]4CC[C@H]5C=C[C@H](O)[C@H]([C@@]54C2)[C@@]13c1cnc[nH]1. The Kier molecular flexibility index (Phi) is 11.8. The van der Waals surface area contributed by atoms with Crippen molar-refractivity contribution in [1.82, 2.24) is 25.9 Å². The second-order valence-corrected chi connectivity index (χ2v) is 26.1. The number of H-pyrrole nitrogens is 1. The van der Waals surface area contributed by atoms with Gasteiger partial charge in [-0.3, -0.25) is 0 Å². The Labute approximate surface area is 468 Å². The molecule has 9 aliphatic rings. The van der Waals surface area contributed by atoms with Gasteiger partial charge in [-0.2, -0.15) is 0 Å². The summed E-state index contributed by atoms with van der Waals surface area (Å²) >= 11 is 0. The van der Waals surface area contributed by atoms with Gasteiger partial charge < -0.3 is 51.6 Å². The first kappa shape index (κ1) is 50.3. The van der Waals surface area contributed by atoms with E-state index in [1.807, 2.05) is 18.5 Å². The van der Waals surface area contributed by atoms with Gasteiger partial charge in [0.2, 0.25) is 0 Å². The van der Waals surface area contributed by atoms with Gasteiger partial charge >= 0.3 is 0 Å². The Morgan fingerprint density at radius 1 is 0.725 bits per heavy atom. The number of hydrogen-bond acceptors (Lipinski definition) is 10. The minimum Gasteiger partial charge on any atom is -0.507 e. The fourth-order valence-corrected chi connectivity index (χ4v) is 20.4. The number of aliphatic hydroxyl groups is 1. The van der Waals surface area contributed by atoms with E-state index in [2.05, 4.69) is 114 Å². The lowest BCUT2D eigenvalue weighted by atomic mass is 9.28. The highest BCUT2D eigenvalue weighted by atomic mass is 16.3. The zero-order chi connectivity index (χ0) is 54.3. The number of rotatable bonds is 10. The van der Waals surface area contributed by atoms with E-state index in [4.69, 9.17) is 10.3 Å². The van der Waals surface area contributed by atoms with Gasteiger partial charge in [0, 0.05) is 65.4 Å². The van der Waals surface area contributed by atoms with Gasteiger partial charge in [-0.1, -0.05) is 122 Å². The van der Waals surface area contributed by atoms with Crippen molar-refractivity contribution < 1.29 is 30.6 Å². The highest BCUT2D eigenvalue weighted by Crippen LogP contribution is 2.82. The minimum atomic E-state index is -0.580. The number of benzene rings is 5. The number of phenolic OH excluding ortho intramolecular Hbond substituents is 5. The fraction of sp³-hybridized carbons (Fsp3) is 0.435. The number of allylic oxidation sites excluding steroid dienone is 3. The molecule has 6 fully saturated rings. The molecule has 11 nitrogen and oxygen atoms in total. The van der Waals surface area contributed by atoms with Crippen LogP contribution in [-0.4, -0.2) is 78.4 Å². The predicted octanol–water partition coefficient (Wildman–Crippen LogP) is 11.4. The van der Waals surface area contributed by atoms with Crippen molar-refractivity contribution >= 4 is 22.9 Å². The maximum absolute atomic E-state index is 13.3. The van der Waals surface area contributed by atoms with E-state index < -0.39 is 11.5 Å². The van der Waals surface area contributed by atoms with Crippen LogP contribution < -0.4 is 16.0 Å². The Morgan fingerprint density at radius 3 is 2.31 bits per heavy atom. The van der Waals surface area contributed by atoms with Crippen LogP contribution in [0.5, 0.6) is 28.7 Å². The monoisotopic (exact) mass is 1070 g/mol. The van der Waals surface area contributed by atoms with Crippen molar-refractivity contribution in [1.29, 1.82) is 0 Å². The van der Waals surface area contributed by atoms with Gasteiger partial charge in [-0.15, -0.1) is 0 Å². The summed E-state index contributed by atoms with van der Waals surface area (Å²) in [5.41, 5.74) is 7.66. The van der Waals surface area contributed by atoms with Crippen molar-refractivity contribution in [3.05, 3.63) is 179 Å². The molecule has 6 aromatic rings. The molecule has 3 spiro atoms. The van der Waals surface area contributed by atoms with Gasteiger partial charge in [0.1, 0.15) is 5.75 Å². The second-order valence-electron chi connectivity index (χ2n) is 26.1. The van der Waals surface area contributed by atoms with Crippen LogP contribution in [0, 0.1) is 51.8 Å². The highest BCUT2D eigenvalue weighted by Gasteiger charge is 2.81. The summed E-state index contributed by atoms with van der Waals surface area (Å²) in [6, 6.07) is 30.6. The maximum Gasteiger partial charge on any atom is 0.169 e. The zero-order valence-corrected chi connectivity index (χ0v) is 45.6. The van der Waals surface area contributed by atoms with Crippen LogP contribution in [0.4, 0.5) is 0 Å². The average molecular weight is 1070 g/mol. The molecule has 16 atom stereocenters. The minimum absolute atomic E-state index is 0.0131. The summed E-state index contributed by atoms with van der Waals surface area (Å²) in [5, 5.41) is 81.1. The topological polar surface area (TPSA) is 186 Å². The predicted molar refractivity (Wildman–Crippen MR) is 312 cm³/mol. The number of likely N-dealkylation sites (N-methyl/N-ethyl adjacent to an activating group) is 1. The number of hydrogen-bond donors (Lipinski definition) is 10. The Bertz CT molecular complexity index is 3520. The first-order valence-corrected chi connectivity index (χ1v) is 29.9. The Hall–Kier alpha value is -6.63. The zero-order valence-electron chi connectivity index (χ0n) is 45.6. The highest BCUT2D eigenvalue weighted by molar-refractivity contribution is 6.03.